The van der Waals surface area contributed by atoms with Gasteiger partial charge < -0.3 is 10.2 Å². The average molecular weight is 425 g/mol. The number of nitrogens with zero attached hydrogens (tertiary/aromatic N) is 1. The van der Waals surface area contributed by atoms with Gasteiger partial charge in [-0.1, -0.05) is 54.9 Å². The fourth-order valence-corrected chi connectivity index (χ4v) is 5.93. The van der Waals surface area contributed by atoms with Gasteiger partial charge in [0.15, 0.2) is 0 Å². The number of hydrogen-bond acceptors (Lipinski definition) is 2. The Morgan fingerprint density at radius 1 is 1.21 bits per heavy atom. The molecule has 1 aliphatic rings. The van der Waals surface area contributed by atoms with Gasteiger partial charge in [0, 0.05) is 16.3 Å². The lowest BCUT2D eigenvalue weighted by Crippen LogP contribution is -2.42. The van der Waals surface area contributed by atoms with Crippen molar-refractivity contribution in [3.63, 3.8) is 0 Å². The van der Waals surface area contributed by atoms with E-state index in [1.54, 1.807) is 0 Å². The summed E-state index contributed by atoms with van der Waals surface area (Å²) < 4.78 is 0. The van der Waals surface area contributed by atoms with Crippen LogP contribution in [0.15, 0.2) is 48.5 Å². The number of thiophene rings is 1. The molecule has 5 heteroatoms. The molecule has 0 fully saturated rings. The number of urea groups is 1. The lowest BCUT2D eigenvalue weighted by molar-refractivity contribution is 0.195. The van der Waals surface area contributed by atoms with Gasteiger partial charge in [-0.15, -0.1) is 11.3 Å². The first-order valence-corrected chi connectivity index (χ1v) is 11.2. The van der Waals surface area contributed by atoms with Crippen molar-refractivity contribution in [2.24, 2.45) is 0 Å². The summed E-state index contributed by atoms with van der Waals surface area (Å²) in [5.74, 6) is 0. The topological polar surface area (TPSA) is 32.3 Å². The SMILES string of the molecule is CCc1c(C)sc2c1CCN(C(=O)Nc1ccc(C)cc1Cl)[C@@H]2c1ccccc1. The highest BCUT2D eigenvalue weighted by atomic mass is 35.5. The average Bonchev–Trinajstić information content (AvgIpc) is 3.04. The number of carbonyl (C=O) groups excluding carboxylic acids is 1. The van der Waals surface area contributed by atoms with E-state index in [1.165, 1.54) is 20.9 Å². The van der Waals surface area contributed by atoms with E-state index in [-0.39, 0.29) is 12.1 Å². The number of carbonyl (C=O) groups is 1. The van der Waals surface area contributed by atoms with Crippen LogP contribution in [0.2, 0.25) is 5.02 Å². The van der Waals surface area contributed by atoms with Crippen LogP contribution in [0.25, 0.3) is 0 Å². The molecular weight excluding hydrogens is 400 g/mol. The van der Waals surface area contributed by atoms with Gasteiger partial charge >= 0.3 is 6.03 Å². The van der Waals surface area contributed by atoms with Crippen LogP contribution in [-0.4, -0.2) is 17.5 Å². The Labute approximate surface area is 181 Å². The number of benzene rings is 2. The third-order valence-electron chi connectivity index (χ3n) is 5.61. The molecule has 2 amide bonds. The summed E-state index contributed by atoms with van der Waals surface area (Å²) in [6.45, 7) is 7.08. The molecule has 0 saturated heterocycles. The van der Waals surface area contributed by atoms with Gasteiger partial charge in [-0.3, -0.25) is 0 Å². The highest BCUT2D eigenvalue weighted by molar-refractivity contribution is 7.12. The molecule has 4 rings (SSSR count). The predicted octanol–water partition coefficient (Wildman–Crippen LogP) is 6.76. The van der Waals surface area contributed by atoms with Crippen LogP contribution >= 0.6 is 22.9 Å². The Hall–Kier alpha value is -2.30. The minimum absolute atomic E-state index is 0.0758. The van der Waals surface area contributed by atoms with Crippen molar-refractivity contribution in [2.75, 3.05) is 11.9 Å². The molecule has 2 aromatic carbocycles. The van der Waals surface area contributed by atoms with Gasteiger partial charge in [-0.25, -0.2) is 4.79 Å². The molecule has 1 N–H and O–H groups in total. The molecule has 0 saturated carbocycles. The molecule has 0 radical (unpaired) electrons. The maximum Gasteiger partial charge on any atom is 0.322 e. The minimum Gasteiger partial charge on any atom is -0.312 e. The molecule has 150 valence electrons. The Morgan fingerprint density at radius 3 is 2.66 bits per heavy atom. The molecule has 2 heterocycles. The number of nitrogens with one attached hydrogen (secondary N) is 1. The lowest BCUT2D eigenvalue weighted by atomic mass is 9.92. The fourth-order valence-electron chi connectivity index (χ4n) is 4.20. The van der Waals surface area contributed by atoms with E-state index in [0.717, 1.165) is 24.0 Å². The third kappa shape index (κ3) is 3.79. The van der Waals surface area contributed by atoms with Crippen molar-refractivity contribution >= 4 is 34.7 Å². The summed E-state index contributed by atoms with van der Waals surface area (Å²) in [6.07, 6.45) is 1.92. The maximum absolute atomic E-state index is 13.3. The van der Waals surface area contributed by atoms with E-state index >= 15 is 0 Å². The standard InChI is InChI=1S/C24H25ClN2OS/c1-4-18-16(3)29-23-19(18)12-13-27(22(23)17-8-6-5-7-9-17)24(28)26-21-11-10-15(2)14-20(21)25/h5-11,14,22H,4,12-13H2,1-3H3,(H,26,28)/t22-/m1/s1. The van der Waals surface area contributed by atoms with Gasteiger partial charge in [0.2, 0.25) is 0 Å². The predicted molar refractivity (Wildman–Crippen MR) is 122 cm³/mol. The van der Waals surface area contributed by atoms with E-state index in [1.807, 2.05) is 59.6 Å². The molecule has 0 aliphatic carbocycles. The summed E-state index contributed by atoms with van der Waals surface area (Å²) in [7, 11) is 0. The molecule has 0 unspecified atom stereocenters. The van der Waals surface area contributed by atoms with Gasteiger partial charge in [-0.2, -0.15) is 0 Å². The molecule has 1 aromatic heterocycles. The highest BCUT2D eigenvalue weighted by Gasteiger charge is 2.35. The summed E-state index contributed by atoms with van der Waals surface area (Å²) >= 11 is 8.19. The van der Waals surface area contributed by atoms with Crippen molar-refractivity contribution in [2.45, 2.75) is 39.7 Å². The van der Waals surface area contributed by atoms with Crippen LogP contribution in [-0.2, 0) is 12.8 Å². The second kappa shape index (κ2) is 8.21. The summed E-state index contributed by atoms with van der Waals surface area (Å²) in [5.41, 5.74) is 5.74. The van der Waals surface area contributed by atoms with Crippen LogP contribution in [0, 0.1) is 13.8 Å². The monoisotopic (exact) mass is 424 g/mol. The van der Waals surface area contributed by atoms with Gasteiger partial charge in [0.1, 0.15) is 0 Å². The van der Waals surface area contributed by atoms with Crippen LogP contribution in [0.3, 0.4) is 0 Å². The number of rotatable bonds is 3. The van der Waals surface area contributed by atoms with Gasteiger partial charge in [-0.05, 0) is 61.1 Å². The Kier molecular flexibility index (Phi) is 5.66. The van der Waals surface area contributed by atoms with E-state index in [9.17, 15) is 4.79 Å². The van der Waals surface area contributed by atoms with Crippen LogP contribution < -0.4 is 5.32 Å². The normalized spacial score (nSPS) is 15.9. The second-order valence-electron chi connectivity index (χ2n) is 7.50. The van der Waals surface area contributed by atoms with Crippen LogP contribution in [0.1, 0.15) is 45.0 Å². The fraction of sp³-hybridized carbons (Fsp3) is 0.292. The second-order valence-corrected chi connectivity index (χ2v) is 9.17. The third-order valence-corrected chi connectivity index (χ3v) is 7.16. The molecule has 1 atom stereocenters. The molecule has 29 heavy (non-hydrogen) atoms. The van der Waals surface area contributed by atoms with E-state index in [4.69, 9.17) is 11.6 Å². The number of halogens is 1. The first kappa shape index (κ1) is 20.0. The first-order valence-electron chi connectivity index (χ1n) is 9.99. The Bertz CT molecular complexity index is 1040. The van der Waals surface area contributed by atoms with Crippen molar-refractivity contribution in [3.8, 4) is 0 Å². The quantitative estimate of drug-likeness (QED) is 0.494. The van der Waals surface area contributed by atoms with Crippen LogP contribution in [0.4, 0.5) is 10.5 Å². The lowest BCUT2D eigenvalue weighted by Gasteiger charge is -2.36. The largest absolute Gasteiger partial charge is 0.322 e. The number of amides is 2. The molecule has 0 bridgehead atoms. The number of aryl methyl sites for hydroxylation is 2. The smallest absolute Gasteiger partial charge is 0.312 e. The molecule has 3 nitrogen and oxygen atoms in total. The maximum atomic E-state index is 13.3. The molecule has 0 spiro atoms. The number of fused-ring (bicyclic) bond motifs is 1. The summed E-state index contributed by atoms with van der Waals surface area (Å²) in [4.78, 5) is 17.9. The zero-order valence-electron chi connectivity index (χ0n) is 17.0. The van der Waals surface area contributed by atoms with E-state index in [0.29, 0.717) is 17.3 Å². The van der Waals surface area contributed by atoms with Gasteiger partial charge in [0.25, 0.3) is 0 Å². The zero-order chi connectivity index (χ0) is 20.5. The summed E-state index contributed by atoms with van der Waals surface area (Å²) in [5, 5.41) is 3.60. The number of anilines is 1. The zero-order valence-corrected chi connectivity index (χ0v) is 18.5. The minimum atomic E-state index is -0.112. The van der Waals surface area contributed by atoms with Crippen molar-refractivity contribution in [1.29, 1.82) is 0 Å². The summed E-state index contributed by atoms with van der Waals surface area (Å²) in [6, 6.07) is 15.8. The van der Waals surface area contributed by atoms with Crippen molar-refractivity contribution < 1.29 is 4.79 Å². The Balaban J connectivity index is 1.72. The van der Waals surface area contributed by atoms with E-state index in [2.05, 4.69) is 31.3 Å². The molecular formula is C24H25ClN2OS. The van der Waals surface area contributed by atoms with Gasteiger partial charge in [0.05, 0.1) is 16.8 Å². The highest BCUT2D eigenvalue weighted by Crippen LogP contribution is 2.43. The van der Waals surface area contributed by atoms with E-state index < -0.39 is 0 Å². The first-order chi connectivity index (χ1) is 14.0. The van der Waals surface area contributed by atoms with Crippen LogP contribution in [0.5, 0.6) is 0 Å². The van der Waals surface area contributed by atoms with Crippen molar-refractivity contribution in [3.05, 3.63) is 85.6 Å². The Morgan fingerprint density at radius 2 is 1.97 bits per heavy atom. The van der Waals surface area contributed by atoms with Crippen molar-refractivity contribution in [1.82, 2.24) is 4.90 Å². The molecule has 3 aromatic rings. The number of hydrogen-bond donors (Lipinski definition) is 1. The molecule has 1 aliphatic heterocycles.